The molecule has 0 aliphatic carbocycles. The number of aliphatic hydroxyl groups is 1. The van der Waals surface area contributed by atoms with Crippen LogP contribution in [0.3, 0.4) is 0 Å². The van der Waals surface area contributed by atoms with E-state index in [2.05, 4.69) is 19.2 Å². The van der Waals surface area contributed by atoms with E-state index in [9.17, 15) is 0 Å². The molecule has 1 fully saturated rings. The van der Waals surface area contributed by atoms with E-state index in [-0.39, 0.29) is 12.0 Å². The molecule has 1 atom stereocenters. The van der Waals surface area contributed by atoms with E-state index in [1.165, 1.54) is 6.42 Å². The lowest BCUT2D eigenvalue weighted by Crippen LogP contribution is -2.42. The summed E-state index contributed by atoms with van der Waals surface area (Å²) >= 11 is 0. The average molecular weight is 187 g/mol. The highest BCUT2D eigenvalue weighted by atomic mass is 16.5. The maximum atomic E-state index is 9.05. The Morgan fingerprint density at radius 1 is 1.54 bits per heavy atom. The molecule has 0 bridgehead atoms. The highest BCUT2D eigenvalue weighted by molar-refractivity contribution is 4.76. The first-order valence-corrected chi connectivity index (χ1v) is 5.06. The predicted octanol–water partition coefficient (Wildman–Crippen LogP) is 0.773. The summed E-state index contributed by atoms with van der Waals surface area (Å²) in [7, 11) is 0. The third-order valence-corrected chi connectivity index (χ3v) is 2.46. The number of nitrogens with one attached hydrogen (secondary N) is 1. The third kappa shape index (κ3) is 4.07. The van der Waals surface area contributed by atoms with Gasteiger partial charge in [-0.15, -0.1) is 0 Å². The molecule has 1 aliphatic heterocycles. The Balaban J connectivity index is 2.17. The van der Waals surface area contributed by atoms with Gasteiger partial charge in [-0.2, -0.15) is 0 Å². The van der Waals surface area contributed by atoms with Gasteiger partial charge in [-0.25, -0.2) is 0 Å². The fraction of sp³-hybridized carbons (Fsp3) is 1.00. The lowest BCUT2D eigenvalue weighted by molar-refractivity contribution is 0.0627. The minimum Gasteiger partial charge on any atom is -0.396 e. The van der Waals surface area contributed by atoms with Crippen molar-refractivity contribution in [1.29, 1.82) is 0 Å². The molecule has 0 aromatic heterocycles. The number of hydrogen-bond donors (Lipinski definition) is 2. The standard InChI is InChI=1S/C10H21NO2/c1-10(2,8-12)7-11-9-4-3-5-13-6-9/h9,11-12H,3-8H2,1-2H3. The number of aliphatic hydroxyl groups excluding tert-OH is 1. The minimum absolute atomic E-state index is 0.0164. The van der Waals surface area contributed by atoms with Crippen molar-refractivity contribution in [3.63, 3.8) is 0 Å². The second-order valence-electron chi connectivity index (χ2n) is 4.62. The molecule has 0 aromatic carbocycles. The van der Waals surface area contributed by atoms with Gasteiger partial charge in [0.25, 0.3) is 0 Å². The van der Waals surface area contributed by atoms with Crippen LogP contribution in [0.4, 0.5) is 0 Å². The van der Waals surface area contributed by atoms with Gasteiger partial charge in [-0.05, 0) is 12.8 Å². The van der Waals surface area contributed by atoms with Crippen LogP contribution in [0.1, 0.15) is 26.7 Å². The highest BCUT2D eigenvalue weighted by Crippen LogP contribution is 2.13. The van der Waals surface area contributed by atoms with Crippen LogP contribution in [0.25, 0.3) is 0 Å². The molecule has 1 heterocycles. The summed E-state index contributed by atoms with van der Waals surface area (Å²) in [5, 5.41) is 12.5. The fourth-order valence-electron chi connectivity index (χ4n) is 1.38. The topological polar surface area (TPSA) is 41.5 Å². The molecule has 0 aromatic rings. The Labute approximate surface area is 80.5 Å². The maximum absolute atomic E-state index is 9.05. The Morgan fingerprint density at radius 2 is 2.31 bits per heavy atom. The highest BCUT2D eigenvalue weighted by Gasteiger charge is 2.19. The van der Waals surface area contributed by atoms with E-state index >= 15 is 0 Å². The van der Waals surface area contributed by atoms with E-state index in [0.29, 0.717) is 6.04 Å². The van der Waals surface area contributed by atoms with Crippen LogP contribution in [0.2, 0.25) is 0 Å². The first-order chi connectivity index (χ1) is 6.14. The van der Waals surface area contributed by atoms with Gasteiger partial charge in [-0.1, -0.05) is 13.8 Å². The van der Waals surface area contributed by atoms with Crippen molar-refractivity contribution >= 4 is 0 Å². The second-order valence-corrected chi connectivity index (χ2v) is 4.62. The summed E-state index contributed by atoms with van der Waals surface area (Å²) in [5.41, 5.74) is -0.0164. The Bertz CT molecular complexity index is 142. The lowest BCUT2D eigenvalue weighted by Gasteiger charge is -2.28. The zero-order chi connectivity index (χ0) is 9.73. The summed E-state index contributed by atoms with van der Waals surface area (Å²) in [6, 6.07) is 0.486. The van der Waals surface area contributed by atoms with Crippen LogP contribution < -0.4 is 5.32 Å². The molecule has 1 saturated heterocycles. The van der Waals surface area contributed by atoms with Crippen LogP contribution in [-0.2, 0) is 4.74 Å². The van der Waals surface area contributed by atoms with Crippen molar-refractivity contribution in [2.24, 2.45) is 5.41 Å². The summed E-state index contributed by atoms with van der Waals surface area (Å²) in [4.78, 5) is 0. The van der Waals surface area contributed by atoms with E-state index < -0.39 is 0 Å². The Hall–Kier alpha value is -0.120. The number of hydrogen-bond acceptors (Lipinski definition) is 3. The third-order valence-electron chi connectivity index (χ3n) is 2.46. The molecule has 78 valence electrons. The van der Waals surface area contributed by atoms with Crippen molar-refractivity contribution in [3.05, 3.63) is 0 Å². The monoisotopic (exact) mass is 187 g/mol. The zero-order valence-corrected chi connectivity index (χ0v) is 8.68. The zero-order valence-electron chi connectivity index (χ0n) is 8.68. The summed E-state index contributed by atoms with van der Waals surface area (Å²) in [6.07, 6.45) is 2.35. The molecule has 2 N–H and O–H groups in total. The smallest absolute Gasteiger partial charge is 0.0619 e. The summed E-state index contributed by atoms with van der Waals surface area (Å²) < 4.78 is 5.36. The largest absolute Gasteiger partial charge is 0.396 e. The van der Waals surface area contributed by atoms with Gasteiger partial charge in [0.1, 0.15) is 0 Å². The molecule has 1 rings (SSSR count). The molecular weight excluding hydrogens is 166 g/mol. The molecule has 1 aliphatic rings. The van der Waals surface area contributed by atoms with E-state index in [4.69, 9.17) is 9.84 Å². The van der Waals surface area contributed by atoms with E-state index in [0.717, 1.165) is 26.2 Å². The van der Waals surface area contributed by atoms with E-state index in [1.807, 2.05) is 0 Å². The molecule has 1 unspecified atom stereocenters. The van der Waals surface area contributed by atoms with Gasteiger partial charge < -0.3 is 15.2 Å². The molecule has 13 heavy (non-hydrogen) atoms. The van der Waals surface area contributed by atoms with Gasteiger partial charge in [0.05, 0.1) is 6.61 Å². The van der Waals surface area contributed by atoms with Gasteiger partial charge in [-0.3, -0.25) is 0 Å². The number of ether oxygens (including phenoxy) is 1. The Kier molecular flexibility index (Phi) is 4.16. The summed E-state index contributed by atoms with van der Waals surface area (Å²) in [6.45, 7) is 6.93. The quantitative estimate of drug-likeness (QED) is 0.683. The van der Waals surface area contributed by atoms with E-state index in [1.54, 1.807) is 0 Å². The fourth-order valence-corrected chi connectivity index (χ4v) is 1.38. The molecule has 0 spiro atoms. The normalized spacial score (nSPS) is 24.7. The second kappa shape index (κ2) is 4.94. The van der Waals surface area contributed by atoms with Gasteiger partial charge >= 0.3 is 0 Å². The van der Waals surface area contributed by atoms with Crippen LogP contribution in [0.15, 0.2) is 0 Å². The van der Waals surface area contributed by atoms with Crippen molar-refractivity contribution in [3.8, 4) is 0 Å². The minimum atomic E-state index is -0.0164. The summed E-state index contributed by atoms with van der Waals surface area (Å²) in [5.74, 6) is 0. The molecule has 0 radical (unpaired) electrons. The van der Waals surface area contributed by atoms with Gasteiger partial charge in [0, 0.05) is 31.2 Å². The average Bonchev–Trinajstić information content (AvgIpc) is 2.17. The predicted molar refractivity (Wildman–Crippen MR) is 52.7 cm³/mol. The van der Waals surface area contributed by atoms with Gasteiger partial charge in [0.2, 0.25) is 0 Å². The maximum Gasteiger partial charge on any atom is 0.0619 e. The lowest BCUT2D eigenvalue weighted by atomic mass is 9.94. The molecule has 3 nitrogen and oxygen atoms in total. The van der Waals surface area contributed by atoms with Crippen LogP contribution in [0.5, 0.6) is 0 Å². The molecule has 3 heteroatoms. The first-order valence-electron chi connectivity index (χ1n) is 5.06. The van der Waals surface area contributed by atoms with Crippen molar-refractivity contribution < 1.29 is 9.84 Å². The molecule has 0 amide bonds. The van der Waals surface area contributed by atoms with Crippen LogP contribution in [0, 0.1) is 5.41 Å². The van der Waals surface area contributed by atoms with Crippen molar-refractivity contribution in [1.82, 2.24) is 5.32 Å². The number of rotatable bonds is 4. The van der Waals surface area contributed by atoms with Gasteiger partial charge in [0.15, 0.2) is 0 Å². The molecule has 0 saturated carbocycles. The van der Waals surface area contributed by atoms with Crippen LogP contribution >= 0.6 is 0 Å². The van der Waals surface area contributed by atoms with Crippen molar-refractivity contribution in [2.75, 3.05) is 26.4 Å². The molecular formula is C10H21NO2. The Morgan fingerprint density at radius 3 is 2.85 bits per heavy atom. The van der Waals surface area contributed by atoms with Crippen molar-refractivity contribution in [2.45, 2.75) is 32.7 Å². The SMILES string of the molecule is CC(C)(CO)CNC1CCCOC1. The first kappa shape index (κ1) is 11.0. The van der Waals surface area contributed by atoms with Crippen LogP contribution in [-0.4, -0.2) is 37.5 Å².